The lowest BCUT2D eigenvalue weighted by atomic mass is 10.1. The van der Waals surface area contributed by atoms with Gasteiger partial charge in [-0.15, -0.1) is 0 Å². The number of fused-ring (bicyclic) bond motifs is 1. The molecule has 1 aliphatic heterocycles. The second-order valence-corrected chi connectivity index (χ2v) is 4.19. The van der Waals surface area contributed by atoms with Crippen molar-refractivity contribution in [2.45, 2.75) is 13.8 Å². The van der Waals surface area contributed by atoms with Crippen LogP contribution in [0.4, 0.5) is 10.1 Å². The lowest BCUT2D eigenvalue weighted by molar-refractivity contribution is -0.114. The third kappa shape index (κ3) is 1.98. The monoisotopic (exact) mass is 233 g/mol. The molecule has 0 spiro atoms. The molecule has 2 rings (SSSR count). The Balaban J connectivity index is 2.41. The van der Waals surface area contributed by atoms with Gasteiger partial charge in [0.25, 0.3) is 11.7 Å². The number of halogens is 1. The number of anilines is 1. The van der Waals surface area contributed by atoms with E-state index in [0.29, 0.717) is 12.2 Å². The summed E-state index contributed by atoms with van der Waals surface area (Å²) in [5.41, 5.74) is 1.69. The first-order valence-corrected chi connectivity index (χ1v) is 5.30. The van der Waals surface area contributed by atoms with Crippen LogP contribution >= 0.6 is 0 Å². The van der Waals surface area contributed by atoms with Gasteiger partial charge in [0.1, 0.15) is 5.82 Å². The average molecular weight is 233 g/mol. The highest BCUT2D eigenvalue weighted by Crippen LogP contribution is 2.29. The van der Waals surface area contributed by atoms with E-state index in [1.165, 1.54) is 17.0 Å². The molecule has 1 aliphatic rings. The molecule has 0 bridgehead atoms. The number of amides is 1. The molecular weight excluding hydrogens is 221 g/mol. The molecule has 1 aromatic carbocycles. The van der Waals surface area contributed by atoms with Crippen molar-refractivity contribution in [2.75, 3.05) is 11.4 Å². The predicted molar refractivity (Wildman–Crippen MR) is 62.5 cm³/mol. The molecule has 0 unspecified atom stereocenters. The first-order chi connectivity index (χ1) is 8.00. The van der Waals surface area contributed by atoms with E-state index in [9.17, 15) is 14.0 Å². The molecule has 1 aromatic rings. The quantitative estimate of drug-likeness (QED) is 0.580. The van der Waals surface area contributed by atoms with Crippen LogP contribution in [0.2, 0.25) is 0 Å². The lowest BCUT2D eigenvalue weighted by Crippen LogP contribution is -2.29. The topological polar surface area (TPSA) is 37.4 Å². The van der Waals surface area contributed by atoms with E-state index in [-0.39, 0.29) is 5.56 Å². The number of carbonyl (C=O) groups excluding carboxylic acids is 2. The van der Waals surface area contributed by atoms with Crippen molar-refractivity contribution in [3.05, 3.63) is 41.2 Å². The fourth-order valence-electron chi connectivity index (χ4n) is 1.73. The Labute approximate surface area is 98.5 Å². The number of hydrogen-bond donors (Lipinski definition) is 0. The van der Waals surface area contributed by atoms with Gasteiger partial charge in [0, 0.05) is 6.54 Å². The van der Waals surface area contributed by atoms with Gasteiger partial charge in [0.15, 0.2) is 0 Å². The molecule has 0 N–H and O–H groups in total. The fourth-order valence-corrected chi connectivity index (χ4v) is 1.73. The van der Waals surface area contributed by atoms with Crippen LogP contribution < -0.4 is 4.90 Å². The van der Waals surface area contributed by atoms with E-state index in [0.717, 1.165) is 11.6 Å². The Kier molecular flexibility index (Phi) is 2.79. The van der Waals surface area contributed by atoms with E-state index >= 15 is 0 Å². The van der Waals surface area contributed by atoms with Crippen LogP contribution in [-0.2, 0) is 4.79 Å². The second-order valence-electron chi connectivity index (χ2n) is 4.19. The highest BCUT2D eigenvalue weighted by molar-refractivity contribution is 6.52. The average Bonchev–Trinajstić information content (AvgIpc) is 2.50. The summed E-state index contributed by atoms with van der Waals surface area (Å²) in [5.74, 6) is -1.74. The minimum atomic E-state index is -0.637. The maximum absolute atomic E-state index is 13.0. The number of ketones is 1. The third-order valence-corrected chi connectivity index (χ3v) is 2.62. The molecule has 1 amide bonds. The zero-order chi connectivity index (χ0) is 12.6. The smallest absolute Gasteiger partial charge is 0.299 e. The van der Waals surface area contributed by atoms with Crippen molar-refractivity contribution in [3.8, 4) is 0 Å². The van der Waals surface area contributed by atoms with Crippen LogP contribution in [0.1, 0.15) is 24.2 Å². The molecule has 1 heterocycles. The Hall–Kier alpha value is -1.97. The number of hydrogen-bond acceptors (Lipinski definition) is 2. The molecule has 0 saturated heterocycles. The summed E-state index contributed by atoms with van der Waals surface area (Å²) in [6.07, 6.45) is 1.85. The summed E-state index contributed by atoms with van der Waals surface area (Å²) in [5, 5.41) is 0. The highest BCUT2D eigenvalue weighted by atomic mass is 19.1. The predicted octanol–water partition coefficient (Wildman–Crippen LogP) is 2.32. The standard InChI is InChI=1S/C13H12FNO2/c1-8(2)5-6-15-11-4-3-9(14)7-10(11)12(16)13(15)17/h3-5,7H,6H2,1-2H3. The summed E-state index contributed by atoms with van der Waals surface area (Å²) in [4.78, 5) is 24.7. The summed E-state index contributed by atoms with van der Waals surface area (Å²) in [7, 11) is 0. The van der Waals surface area contributed by atoms with E-state index in [2.05, 4.69) is 0 Å². The first kappa shape index (κ1) is 11.5. The molecule has 0 saturated carbocycles. The van der Waals surface area contributed by atoms with E-state index < -0.39 is 17.5 Å². The van der Waals surface area contributed by atoms with Crippen molar-refractivity contribution in [1.82, 2.24) is 0 Å². The normalized spacial score (nSPS) is 13.9. The summed E-state index contributed by atoms with van der Waals surface area (Å²) in [6.45, 7) is 4.16. The van der Waals surface area contributed by atoms with E-state index in [1.807, 2.05) is 19.9 Å². The zero-order valence-corrected chi connectivity index (χ0v) is 9.66. The Morgan fingerprint density at radius 2 is 2.06 bits per heavy atom. The van der Waals surface area contributed by atoms with Crippen molar-refractivity contribution in [2.24, 2.45) is 0 Å². The highest BCUT2D eigenvalue weighted by Gasteiger charge is 2.35. The van der Waals surface area contributed by atoms with Gasteiger partial charge in [-0.25, -0.2) is 4.39 Å². The summed E-state index contributed by atoms with van der Waals surface area (Å²) >= 11 is 0. The molecule has 0 atom stereocenters. The van der Waals surface area contributed by atoms with Gasteiger partial charge >= 0.3 is 0 Å². The van der Waals surface area contributed by atoms with Crippen LogP contribution in [0, 0.1) is 5.82 Å². The molecule has 0 aliphatic carbocycles. The van der Waals surface area contributed by atoms with E-state index in [1.54, 1.807) is 0 Å². The van der Waals surface area contributed by atoms with Gasteiger partial charge in [-0.1, -0.05) is 11.6 Å². The van der Waals surface area contributed by atoms with Gasteiger partial charge < -0.3 is 4.90 Å². The minimum Gasteiger partial charge on any atom is -0.301 e. The maximum Gasteiger partial charge on any atom is 0.299 e. The SMILES string of the molecule is CC(C)=CCN1C(=O)C(=O)c2cc(F)ccc21. The number of rotatable bonds is 2. The van der Waals surface area contributed by atoms with Gasteiger partial charge in [-0.3, -0.25) is 9.59 Å². The van der Waals surface area contributed by atoms with Crippen LogP contribution in [0.15, 0.2) is 29.8 Å². The van der Waals surface area contributed by atoms with Gasteiger partial charge in [-0.2, -0.15) is 0 Å². The molecule has 0 fully saturated rings. The largest absolute Gasteiger partial charge is 0.301 e. The van der Waals surface area contributed by atoms with Crippen LogP contribution in [0.25, 0.3) is 0 Å². The van der Waals surface area contributed by atoms with Crippen molar-refractivity contribution in [3.63, 3.8) is 0 Å². The van der Waals surface area contributed by atoms with Crippen LogP contribution in [0.5, 0.6) is 0 Å². The molecule has 0 aromatic heterocycles. The third-order valence-electron chi connectivity index (χ3n) is 2.62. The molecule has 3 nitrogen and oxygen atoms in total. The van der Waals surface area contributed by atoms with Crippen molar-refractivity contribution >= 4 is 17.4 Å². The molecular formula is C13H12FNO2. The molecule has 17 heavy (non-hydrogen) atoms. The zero-order valence-electron chi connectivity index (χ0n) is 9.66. The molecule has 88 valence electrons. The number of benzene rings is 1. The fraction of sp³-hybridized carbons (Fsp3) is 0.231. The van der Waals surface area contributed by atoms with Crippen molar-refractivity contribution < 1.29 is 14.0 Å². The van der Waals surface area contributed by atoms with Crippen LogP contribution in [-0.4, -0.2) is 18.2 Å². The number of Topliss-reactive ketones (excluding diaryl/α,β-unsaturated/α-hetero) is 1. The Morgan fingerprint density at radius 3 is 2.71 bits per heavy atom. The number of allylic oxidation sites excluding steroid dienone is 1. The number of nitrogens with zero attached hydrogens (tertiary/aromatic N) is 1. The van der Waals surface area contributed by atoms with E-state index in [4.69, 9.17) is 0 Å². The summed E-state index contributed by atoms with van der Waals surface area (Å²) < 4.78 is 13.0. The first-order valence-electron chi connectivity index (χ1n) is 5.30. The minimum absolute atomic E-state index is 0.150. The van der Waals surface area contributed by atoms with Gasteiger partial charge in [-0.05, 0) is 32.0 Å². The molecule has 0 radical (unpaired) electrons. The Bertz CT molecular complexity index is 530. The summed E-state index contributed by atoms with van der Waals surface area (Å²) in [6, 6.07) is 3.82. The lowest BCUT2D eigenvalue weighted by Gasteiger charge is -2.14. The van der Waals surface area contributed by atoms with Gasteiger partial charge in [0.2, 0.25) is 0 Å². The number of carbonyl (C=O) groups is 2. The Morgan fingerprint density at radius 1 is 1.35 bits per heavy atom. The second kappa shape index (κ2) is 4.13. The maximum atomic E-state index is 13.0. The van der Waals surface area contributed by atoms with Crippen LogP contribution in [0.3, 0.4) is 0 Å². The molecule has 4 heteroatoms. The van der Waals surface area contributed by atoms with Crippen molar-refractivity contribution in [1.29, 1.82) is 0 Å². The van der Waals surface area contributed by atoms with Gasteiger partial charge in [0.05, 0.1) is 11.3 Å².